The molecule has 0 radical (unpaired) electrons. The molecular weight excluding hydrogens is 346 g/mol. The molecule has 156 valence electrons. The van der Waals surface area contributed by atoms with Crippen LogP contribution in [0, 0.1) is 5.92 Å². The van der Waals surface area contributed by atoms with E-state index in [0.29, 0.717) is 18.8 Å². The molecule has 0 aromatic heterocycles. The van der Waals surface area contributed by atoms with Crippen molar-refractivity contribution in [2.75, 3.05) is 32.9 Å². The highest BCUT2D eigenvalue weighted by Gasteiger charge is 2.45. The molecule has 0 aromatic rings. The topological polar surface area (TPSA) is 79.2 Å². The maximum Gasteiger partial charge on any atom is 0.303 e. The third-order valence-electron chi connectivity index (χ3n) is 5.69. The first-order chi connectivity index (χ1) is 13.1. The van der Waals surface area contributed by atoms with Gasteiger partial charge in [-0.3, -0.25) is 9.69 Å². The fourth-order valence-corrected chi connectivity index (χ4v) is 4.31. The van der Waals surface area contributed by atoms with Gasteiger partial charge in [-0.1, -0.05) is 31.9 Å². The van der Waals surface area contributed by atoms with Crippen molar-refractivity contribution in [3.8, 4) is 0 Å². The van der Waals surface area contributed by atoms with E-state index in [9.17, 15) is 9.90 Å². The Morgan fingerprint density at radius 3 is 2.67 bits per heavy atom. The summed E-state index contributed by atoms with van der Waals surface area (Å²) in [7, 11) is 0. The third-order valence-corrected chi connectivity index (χ3v) is 5.69. The standard InChI is InChI=1S/C21H37NO5/c1-2-3-8-13-27-19-16-18(23)21(22-11-14-26-15-12-22)17(19)9-6-4-5-7-10-20(24)25/h4-5,17-19,21,23H,2-3,6-16H2,1H3,(H,24,25)/b5-4-/t17-,18+,19-,21+/m0/s1. The summed E-state index contributed by atoms with van der Waals surface area (Å²) in [6, 6.07) is 0.137. The molecule has 2 aliphatic rings. The van der Waals surface area contributed by atoms with E-state index in [1.807, 2.05) is 6.08 Å². The van der Waals surface area contributed by atoms with Crippen LogP contribution < -0.4 is 0 Å². The Bertz CT molecular complexity index is 450. The first-order valence-electron chi connectivity index (χ1n) is 10.6. The summed E-state index contributed by atoms with van der Waals surface area (Å²) < 4.78 is 11.7. The number of morpholine rings is 1. The third kappa shape index (κ3) is 7.53. The molecule has 0 bridgehead atoms. The summed E-state index contributed by atoms with van der Waals surface area (Å²) in [5.41, 5.74) is 0. The first-order valence-corrected chi connectivity index (χ1v) is 10.6. The van der Waals surface area contributed by atoms with Crippen LogP contribution in [0.5, 0.6) is 0 Å². The molecule has 27 heavy (non-hydrogen) atoms. The van der Waals surface area contributed by atoms with Crippen molar-refractivity contribution in [2.45, 2.75) is 76.5 Å². The van der Waals surface area contributed by atoms with Crippen molar-refractivity contribution in [1.29, 1.82) is 0 Å². The zero-order chi connectivity index (χ0) is 19.5. The highest BCUT2D eigenvalue weighted by molar-refractivity contribution is 5.66. The van der Waals surface area contributed by atoms with Crippen molar-refractivity contribution in [3.05, 3.63) is 12.2 Å². The average Bonchev–Trinajstić information content (AvgIpc) is 2.97. The number of ether oxygens (including phenoxy) is 2. The molecular formula is C21H37NO5. The molecule has 1 saturated heterocycles. The van der Waals surface area contributed by atoms with Crippen LogP contribution in [0.3, 0.4) is 0 Å². The van der Waals surface area contributed by atoms with Crippen LogP contribution >= 0.6 is 0 Å². The number of nitrogens with zero attached hydrogens (tertiary/aromatic N) is 1. The van der Waals surface area contributed by atoms with Crippen LogP contribution in [0.1, 0.15) is 58.3 Å². The van der Waals surface area contributed by atoms with E-state index in [4.69, 9.17) is 14.6 Å². The van der Waals surface area contributed by atoms with Crippen LogP contribution in [-0.2, 0) is 14.3 Å². The number of carboxylic acid groups (broad SMARTS) is 1. The number of unbranched alkanes of at least 4 members (excludes halogenated alkanes) is 2. The van der Waals surface area contributed by atoms with E-state index in [0.717, 1.165) is 52.2 Å². The van der Waals surface area contributed by atoms with Gasteiger partial charge in [-0.2, -0.15) is 0 Å². The number of aliphatic hydroxyl groups is 1. The lowest BCUT2D eigenvalue weighted by Gasteiger charge is -2.38. The predicted molar refractivity (Wildman–Crippen MR) is 105 cm³/mol. The van der Waals surface area contributed by atoms with Crippen LogP contribution in [-0.4, -0.2) is 72.2 Å². The summed E-state index contributed by atoms with van der Waals surface area (Å²) in [6.07, 6.45) is 10.6. The number of carbonyl (C=O) groups is 1. The Kier molecular flexibility index (Phi) is 10.3. The van der Waals surface area contributed by atoms with Crippen LogP contribution in [0.4, 0.5) is 0 Å². The van der Waals surface area contributed by atoms with E-state index in [1.54, 1.807) is 0 Å². The van der Waals surface area contributed by atoms with E-state index < -0.39 is 5.97 Å². The average molecular weight is 384 g/mol. The van der Waals surface area contributed by atoms with Gasteiger partial charge in [0.15, 0.2) is 0 Å². The van der Waals surface area contributed by atoms with E-state index in [2.05, 4.69) is 17.9 Å². The molecule has 6 nitrogen and oxygen atoms in total. The number of aliphatic hydroxyl groups excluding tert-OH is 1. The molecule has 1 aliphatic carbocycles. The Morgan fingerprint density at radius 2 is 1.96 bits per heavy atom. The van der Waals surface area contributed by atoms with Crippen molar-refractivity contribution >= 4 is 5.97 Å². The summed E-state index contributed by atoms with van der Waals surface area (Å²) in [6.45, 7) is 6.16. The Hall–Kier alpha value is -0.950. The van der Waals surface area contributed by atoms with Crippen molar-refractivity contribution in [2.24, 2.45) is 5.92 Å². The molecule has 0 spiro atoms. The van der Waals surface area contributed by atoms with Crippen molar-refractivity contribution in [3.63, 3.8) is 0 Å². The van der Waals surface area contributed by atoms with Gasteiger partial charge < -0.3 is 19.7 Å². The highest BCUT2D eigenvalue weighted by atomic mass is 16.5. The van der Waals surface area contributed by atoms with E-state index >= 15 is 0 Å². The molecule has 2 rings (SSSR count). The summed E-state index contributed by atoms with van der Waals surface area (Å²) in [4.78, 5) is 13.0. The smallest absolute Gasteiger partial charge is 0.303 e. The molecule has 1 saturated carbocycles. The second kappa shape index (κ2) is 12.5. The Morgan fingerprint density at radius 1 is 1.22 bits per heavy atom. The van der Waals surface area contributed by atoms with Gasteiger partial charge in [0.1, 0.15) is 0 Å². The lowest BCUT2D eigenvalue weighted by atomic mass is 9.93. The fraction of sp³-hybridized carbons (Fsp3) is 0.857. The predicted octanol–water partition coefficient (Wildman–Crippen LogP) is 2.84. The lowest BCUT2D eigenvalue weighted by Crippen LogP contribution is -2.50. The molecule has 2 N–H and O–H groups in total. The molecule has 0 aromatic carbocycles. The maximum absolute atomic E-state index is 10.7. The normalized spacial score (nSPS) is 29.6. The van der Waals surface area contributed by atoms with Gasteiger partial charge in [0, 0.05) is 44.5 Å². The van der Waals surface area contributed by atoms with Gasteiger partial charge >= 0.3 is 5.97 Å². The minimum Gasteiger partial charge on any atom is -0.481 e. The van der Waals surface area contributed by atoms with Gasteiger partial charge in [-0.15, -0.1) is 0 Å². The largest absolute Gasteiger partial charge is 0.481 e. The summed E-state index contributed by atoms with van der Waals surface area (Å²) >= 11 is 0. The van der Waals surface area contributed by atoms with Crippen molar-refractivity contribution < 1.29 is 24.5 Å². The maximum atomic E-state index is 10.7. The van der Waals surface area contributed by atoms with Crippen LogP contribution in [0.25, 0.3) is 0 Å². The quantitative estimate of drug-likeness (QED) is 0.398. The van der Waals surface area contributed by atoms with Crippen LogP contribution in [0.2, 0.25) is 0 Å². The minimum absolute atomic E-state index is 0.108. The first kappa shape index (κ1) is 22.3. The zero-order valence-corrected chi connectivity index (χ0v) is 16.7. The molecule has 1 aliphatic heterocycles. The van der Waals surface area contributed by atoms with Gasteiger partial charge in [-0.25, -0.2) is 0 Å². The number of hydrogen-bond acceptors (Lipinski definition) is 5. The molecule has 4 atom stereocenters. The number of aliphatic carboxylic acids is 1. The van der Waals surface area contributed by atoms with Gasteiger partial charge in [-0.05, 0) is 25.7 Å². The lowest BCUT2D eigenvalue weighted by molar-refractivity contribution is -0.136. The van der Waals surface area contributed by atoms with Crippen LogP contribution in [0.15, 0.2) is 12.2 Å². The molecule has 2 fully saturated rings. The Balaban J connectivity index is 1.90. The fourth-order valence-electron chi connectivity index (χ4n) is 4.31. The monoisotopic (exact) mass is 383 g/mol. The van der Waals surface area contributed by atoms with Gasteiger partial charge in [0.05, 0.1) is 25.4 Å². The minimum atomic E-state index is -0.758. The molecule has 0 amide bonds. The molecule has 1 heterocycles. The Labute approximate surface area is 163 Å². The number of hydrogen-bond donors (Lipinski definition) is 2. The second-order valence-electron chi connectivity index (χ2n) is 7.70. The number of carboxylic acids is 1. The second-order valence-corrected chi connectivity index (χ2v) is 7.70. The number of rotatable bonds is 12. The highest BCUT2D eigenvalue weighted by Crippen LogP contribution is 2.36. The van der Waals surface area contributed by atoms with E-state index in [1.165, 1.54) is 12.8 Å². The van der Waals surface area contributed by atoms with E-state index in [-0.39, 0.29) is 24.7 Å². The summed E-state index contributed by atoms with van der Waals surface area (Å²) in [5.74, 6) is -0.449. The number of allylic oxidation sites excluding steroid dienone is 2. The SMILES string of the molecule is CCCCCO[C@H]1C[C@@H](O)[C@H](N2CCOCC2)[C@H]1CC/C=C\CCC(=O)O. The van der Waals surface area contributed by atoms with Gasteiger partial charge in [0.25, 0.3) is 0 Å². The zero-order valence-electron chi connectivity index (χ0n) is 16.7. The van der Waals surface area contributed by atoms with Gasteiger partial charge in [0.2, 0.25) is 0 Å². The summed E-state index contributed by atoms with van der Waals surface area (Å²) in [5, 5.41) is 19.5. The molecule has 6 heteroatoms. The molecule has 0 unspecified atom stereocenters. The van der Waals surface area contributed by atoms with Crippen molar-refractivity contribution in [1.82, 2.24) is 4.90 Å².